The third-order valence-electron chi connectivity index (χ3n) is 4.06. The van der Waals surface area contributed by atoms with Crippen LogP contribution in [-0.2, 0) is 6.42 Å². The molecule has 0 aliphatic carbocycles. The fourth-order valence-electron chi connectivity index (χ4n) is 2.76. The molecule has 2 N–H and O–H groups in total. The Morgan fingerprint density at radius 2 is 2.00 bits per heavy atom. The van der Waals surface area contributed by atoms with Crippen LogP contribution in [0.4, 0.5) is 4.79 Å². The van der Waals surface area contributed by atoms with Crippen LogP contribution in [0.1, 0.15) is 30.5 Å². The van der Waals surface area contributed by atoms with Gasteiger partial charge in [0.15, 0.2) is 0 Å². The Morgan fingerprint density at radius 1 is 1.26 bits per heavy atom. The molecule has 0 aromatic heterocycles. The van der Waals surface area contributed by atoms with Crippen molar-refractivity contribution in [2.75, 3.05) is 19.6 Å². The first-order chi connectivity index (χ1) is 9.28. The molecule has 2 amide bonds. The van der Waals surface area contributed by atoms with Crippen molar-refractivity contribution in [2.24, 2.45) is 0 Å². The topological polar surface area (TPSA) is 44.4 Å². The van der Waals surface area contributed by atoms with Crippen molar-refractivity contribution in [3.05, 3.63) is 35.4 Å². The third-order valence-corrected chi connectivity index (χ3v) is 4.06. The Labute approximate surface area is 114 Å². The van der Waals surface area contributed by atoms with Gasteiger partial charge in [0.2, 0.25) is 0 Å². The largest absolute Gasteiger partial charge is 0.329 e. The maximum atomic E-state index is 11.9. The number of hydrogen-bond acceptors (Lipinski definition) is 2. The molecular weight excluding hydrogens is 238 g/mol. The molecule has 102 valence electrons. The minimum atomic E-state index is 0.0779. The molecule has 1 unspecified atom stereocenters. The summed E-state index contributed by atoms with van der Waals surface area (Å²) in [7, 11) is 0. The van der Waals surface area contributed by atoms with Gasteiger partial charge in [-0.2, -0.15) is 0 Å². The van der Waals surface area contributed by atoms with E-state index in [-0.39, 0.29) is 12.1 Å². The van der Waals surface area contributed by atoms with Crippen molar-refractivity contribution in [2.45, 2.75) is 31.8 Å². The summed E-state index contributed by atoms with van der Waals surface area (Å²) in [5.41, 5.74) is 2.58. The molecule has 2 heterocycles. The van der Waals surface area contributed by atoms with Crippen LogP contribution in [0.2, 0.25) is 0 Å². The number of urea groups is 1. The average Bonchev–Trinajstić information content (AvgIpc) is 2.71. The predicted octanol–water partition coefficient (Wildman–Crippen LogP) is 1.68. The van der Waals surface area contributed by atoms with Gasteiger partial charge in [-0.1, -0.05) is 37.6 Å². The van der Waals surface area contributed by atoms with Gasteiger partial charge in [-0.25, -0.2) is 4.79 Å². The van der Waals surface area contributed by atoms with Crippen LogP contribution in [0.25, 0.3) is 0 Å². The molecule has 4 heteroatoms. The standard InChI is InChI=1S/C15H21N3O/c1-2-3-11-4-6-12(7-5-11)14-10-18(15(19)17-14)13-8-16-9-13/h4-7,13-14,16H,2-3,8-10H2,1H3,(H,17,19). The Balaban J connectivity index is 1.67. The highest BCUT2D eigenvalue weighted by molar-refractivity contribution is 5.77. The van der Waals surface area contributed by atoms with Gasteiger partial charge < -0.3 is 15.5 Å². The quantitative estimate of drug-likeness (QED) is 0.864. The first-order valence-corrected chi connectivity index (χ1v) is 7.14. The molecule has 1 aromatic carbocycles. The molecule has 4 nitrogen and oxygen atoms in total. The van der Waals surface area contributed by atoms with Crippen molar-refractivity contribution >= 4 is 6.03 Å². The second-order valence-corrected chi connectivity index (χ2v) is 5.46. The van der Waals surface area contributed by atoms with Crippen molar-refractivity contribution in [3.63, 3.8) is 0 Å². The van der Waals surface area contributed by atoms with E-state index in [0.29, 0.717) is 6.04 Å². The van der Waals surface area contributed by atoms with Gasteiger partial charge >= 0.3 is 6.03 Å². The van der Waals surface area contributed by atoms with Crippen LogP contribution in [-0.4, -0.2) is 36.6 Å². The number of benzene rings is 1. The summed E-state index contributed by atoms with van der Waals surface area (Å²) in [5.74, 6) is 0. The van der Waals surface area contributed by atoms with Gasteiger partial charge in [0.05, 0.1) is 12.1 Å². The molecule has 0 radical (unpaired) electrons. The maximum Gasteiger partial charge on any atom is 0.318 e. The fourth-order valence-corrected chi connectivity index (χ4v) is 2.76. The Morgan fingerprint density at radius 3 is 2.58 bits per heavy atom. The lowest BCUT2D eigenvalue weighted by Gasteiger charge is -2.34. The molecular formula is C15H21N3O. The van der Waals surface area contributed by atoms with Gasteiger partial charge in [-0.05, 0) is 17.5 Å². The van der Waals surface area contributed by atoms with E-state index in [4.69, 9.17) is 0 Å². The van der Waals surface area contributed by atoms with Crippen molar-refractivity contribution in [1.82, 2.24) is 15.5 Å². The van der Waals surface area contributed by atoms with E-state index >= 15 is 0 Å². The predicted molar refractivity (Wildman–Crippen MR) is 75.1 cm³/mol. The van der Waals surface area contributed by atoms with Crippen LogP contribution in [0.5, 0.6) is 0 Å². The van der Waals surface area contributed by atoms with Crippen LogP contribution < -0.4 is 10.6 Å². The number of carbonyl (C=O) groups is 1. The van der Waals surface area contributed by atoms with Crippen LogP contribution in [0, 0.1) is 0 Å². The van der Waals surface area contributed by atoms with Gasteiger partial charge in [-0.3, -0.25) is 0 Å². The van der Waals surface area contributed by atoms with Crippen LogP contribution in [0.3, 0.4) is 0 Å². The van der Waals surface area contributed by atoms with Crippen molar-refractivity contribution in [1.29, 1.82) is 0 Å². The lowest BCUT2D eigenvalue weighted by atomic mass is 10.0. The summed E-state index contributed by atoms with van der Waals surface area (Å²) >= 11 is 0. The van der Waals surface area contributed by atoms with Gasteiger partial charge in [0.25, 0.3) is 0 Å². The van der Waals surface area contributed by atoms with Crippen molar-refractivity contribution in [3.8, 4) is 0 Å². The highest BCUT2D eigenvalue weighted by atomic mass is 16.2. The first kappa shape index (κ1) is 12.5. The summed E-state index contributed by atoms with van der Waals surface area (Å²) in [6.07, 6.45) is 2.29. The van der Waals surface area contributed by atoms with E-state index in [1.807, 2.05) is 4.90 Å². The van der Waals surface area contributed by atoms with Gasteiger partial charge in [0, 0.05) is 19.6 Å². The highest BCUT2D eigenvalue weighted by Crippen LogP contribution is 2.23. The van der Waals surface area contributed by atoms with E-state index in [1.54, 1.807) is 0 Å². The number of hydrogen-bond donors (Lipinski definition) is 2. The lowest BCUT2D eigenvalue weighted by Crippen LogP contribution is -2.57. The fraction of sp³-hybridized carbons (Fsp3) is 0.533. The molecule has 2 saturated heterocycles. The Hall–Kier alpha value is -1.55. The molecule has 19 heavy (non-hydrogen) atoms. The average molecular weight is 259 g/mol. The van der Waals surface area contributed by atoms with E-state index in [9.17, 15) is 4.79 Å². The highest BCUT2D eigenvalue weighted by Gasteiger charge is 2.36. The number of carbonyl (C=O) groups excluding carboxylic acids is 1. The Bertz CT molecular complexity index is 453. The lowest BCUT2D eigenvalue weighted by molar-refractivity contribution is 0.172. The number of aryl methyl sites for hydroxylation is 1. The second kappa shape index (κ2) is 5.21. The third kappa shape index (κ3) is 2.45. The zero-order valence-corrected chi connectivity index (χ0v) is 11.4. The molecule has 2 aliphatic heterocycles. The van der Waals surface area contributed by atoms with Gasteiger partial charge in [0.1, 0.15) is 0 Å². The van der Waals surface area contributed by atoms with E-state index in [0.717, 1.165) is 26.1 Å². The molecule has 1 aromatic rings. The van der Waals surface area contributed by atoms with Crippen LogP contribution >= 0.6 is 0 Å². The SMILES string of the molecule is CCCc1ccc(C2CN(C3CNC3)C(=O)N2)cc1. The van der Waals surface area contributed by atoms with Gasteiger partial charge in [-0.15, -0.1) is 0 Å². The molecule has 2 aliphatic rings. The number of amides is 2. The maximum absolute atomic E-state index is 11.9. The molecule has 0 spiro atoms. The Kier molecular flexibility index (Phi) is 3.42. The number of nitrogens with zero attached hydrogens (tertiary/aromatic N) is 1. The van der Waals surface area contributed by atoms with E-state index < -0.39 is 0 Å². The minimum Gasteiger partial charge on any atom is -0.329 e. The molecule has 0 saturated carbocycles. The molecule has 2 fully saturated rings. The monoisotopic (exact) mass is 259 g/mol. The normalized spacial score (nSPS) is 23.3. The zero-order valence-electron chi connectivity index (χ0n) is 11.4. The number of nitrogens with one attached hydrogen (secondary N) is 2. The summed E-state index contributed by atoms with van der Waals surface area (Å²) in [6.45, 7) is 4.83. The summed E-state index contributed by atoms with van der Waals surface area (Å²) in [5, 5.41) is 6.29. The second-order valence-electron chi connectivity index (χ2n) is 5.46. The van der Waals surface area contributed by atoms with E-state index in [2.05, 4.69) is 41.8 Å². The minimum absolute atomic E-state index is 0.0779. The number of rotatable bonds is 4. The zero-order chi connectivity index (χ0) is 13.2. The van der Waals surface area contributed by atoms with Crippen LogP contribution in [0.15, 0.2) is 24.3 Å². The van der Waals surface area contributed by atoms with Crippen molar-refractivity contribution < 1.29 is 4.79 Å². The summed E-state index contributed by atoms with van der Waals surface area (Å²) < 4.78 is 0. The molecule has 1 atom stereocenters. The molecule has 3 rings (SSSR count). The molecule has 0 bridgehead atoms. The summed E-state index contributed by atoms with van der Waals surface area (Å²) in [6, 6.07) is 9.26. The van der Waals surface area contributed by atoms with E-state index in [1.165, 1.54) is 17.5 Å². The smallest absolute Gasteiger partial charge is 0.318 e. The summed E-state index contributed by atoms with van der Waals surface area (Å²) in [4.78, 5) is 13.9. The first-order valence-electron chi connectivity index (χ1n) is 7.14.